The van der Waals surface area contributed by atoms with Gasteiger partial charge in [-0.3, -0.25) is 0 Å². The molecule has 0 saturated carbocycles. The molecule has 5 heteroatoms. The molecule has 3 rings (SSSR count). The molecule has 40 heavy (non-hydrogen) atoms. The Kier molecular flexibility index (Phi) is 15.9. The monoisotopic (exact) mass is 552 g/mol. The molecule has 1 fully saturated rings. The van der Waals surface area contributed by atoms with Crippen LogP contribution in [0.4, 0.5) is 0 Å². The summed E-state index contributed by atoms with van der Waals surface area (Å²) >= 11 is 0. The summed E-state index contributed by atoms with van der Waals surface area (Å²) in [4.78, 5) is 2.66. The smallest absolute Gasteiger partial charge is 0.184 e. The number of hydrogen-bond acceptors (Lipinski definition) is 5. The van der Waals surface area contributed by atoms with E-state index in [4.69, 9.17) is 15.2 Å². The van der Waals surface area contributed by atoms with Crippen molar-refractivity contribution in [1.82, 2.24) is 4.90 Å². The number of rotatable bonds is 20. The third kappa shape index (κ3) is 11.6. The van der Waals surface area contributed by atoms with E-state index in [0.717, 1.165) is 48.3 Å². The summed E-state index contributed by atoms with van der Waals surface area (Å²) in [6.45, 7) is 8.38. The van der Waals surface area contributed by atoms with Crippen molar-refractivity contribution in [2.45, 2.75) is 129 Å². The summed E-state index contributed by atoms with van der Waals surface area (Å²) in [6.07, 6.45) is 16.3. The van der Waals surface area contributed by atoms with Crippen molar-refractivity contribution in [3.63, 3.8) is 0 Å². The van der Waals surface area contributed by atoms with Gasteiger partial charge in [-0.05, 0) is 42.6 Å². The van der Waals surface area contributed by atoms with Crippen LogP contribution >= 0.6 is 0 Å². The molecule has 5 nitrogen and oxygen atoms in total. The van der Waals surface area contributed by atoms with E-state index in [1.165, 1.54) is 77.0 Å². The van der Waals surface area contributed by atoms with Crippen LogP contribution in [-0.2, 0) is 22.6 Å². The summed E-state index contributed by atoms with van der Waals surface area (Å²) in [7, 11) is 0. The van der Waals surface area contributed by atoms with Crippen molar-refractivity contribution in [2.24, 2.45) is 5.73 Å². The van der Waals surface area contributed by atoms with Gasteiger partial charge in [0.05, 0.1) is 18.8 Å². The third-order valence-electron chi connectivity index (χ3n) is 8.22. The highest BCUT2D eigenvalue weighted by atomic mass is 16.7. The first-order valence-corrected chi connectivity index (χ1v) is 16.2. The van der Waals surface area contributed by atoms with Crippen LogP contribution in [0.2, 0.25) is 0 Å². The van der Waals surface area contributed by atoms with E-state index in [1.807, 2.05) is 12.1 Å². The van der Waals surface area contributed by atoms with Gasteiger partial charge < -0.3 is 25.2 Å². The zero-order valence-electron chi connectivity index (χ0n) is 25.4. The van der Waals surface area contributed by atoms with Crippen LogP contribution < -0.4 is 5.73 Å². The van der Waals surface area contributed by atoms with E-state index < -0.39 is 6.29 Å². The quantitative estimate of drug-likeness (QED) is 0.162. The van der Waals surface area contributed by atoms with Gasteiger partial charge >= 0.3 is 0 Å². The molecule has 0 aromatic heterocycles. The second-order valence-corrected chi connectivity index (χ2v) is 11.6. The van der Waals surface area contributed by atoms with Gasteiger partial charge in [-0.2, -0.15) is 0 Å². The van der Waals surface area contributed by atoms with Gasteiger partial charge in [-0.25, -0.2) is 0 Å². The Bertz CT molecular complexity index is 830. The largest absolute Gasteiger partial charge is 0.392 e. The molecule has 1 aliphatic heterocycles. The first-order valence-electron chi connectivity index (χ1n) is 16.2. The van der Waals surface area contributed by atoms with Crippen molar-refractivity contribution in [2.75, 3.05) is 19.6 Å². The Morgan fingerprint density at radius 2 is 1.23 bits per heavy atom. The number of ether oxygens (including phenoxy) is 2. The van der Waals surface area contributed by atoms with Gasteiger partial charge in [0, 0.05) is 25.1 Å². The number of nitrogens with zero attached hydrogens (tertiary/aromatic N) is 1. The highest BCUT2D eigenvalue weighted by molar-refractivity contribution is 5.26. The van der Waals surface area contributed by atoms with E-state index in [1.54, 1.807) is 0 Å². The number of aliphatic hydroxyl groups excluding tert-OH is 1. The standard InChI is InChI=1S/C35H56N2O3/c1-3-5-7-9-11-13-23-37(24-14-12-10-8-6-4-2)27-33-25-34(31-19-17-30(28-38)18-20-31)40-35(39-33)32-21-15-29(26-36)16-22-32/h15-22,33-35,38H,3-14,23-28,36H2,1-2H3. The molecular weight excluding hydrogens is 496 g/mol. The lowest BCUT2D eigenvalue weighted by Crippen LogP contribution is -2.40. The van der Waals surface area contributed by atoms with Crippen molar-refractivity contribution < 1.29 is 14.6 Å². The molecule has 1 heterocycles. The Morgan fingerprint density at radius 1 is 0.700 bits per heavy atom. The van der Waals surface area contributed by atoms with Crippen LogP contribution in [0.25, 0.3) is 0 Å². The molecule has 0 bridgehead atoms. The van der Waals surface area contributed by atoms with Crippen LogP contribution in [0.1, 0.15) is 132 Å². The van der Waals surface area contributed by atoms with Crippen molar-refractivity contribution in [1.29, 1.82) is 0 Å². The lowest BCUT2D eigenvalue weighted by Gasteiger charge is -2.38. The summed E-state index contributed by atoms with van der Waals surface area (Å²) in [5.41, 5.74) is 10.1. The maximum atomic E-state index is 9.51. The number of benzene rings is 2. The van der Waals surface area contributed by atoms with Crippen LogP contribution in [0.3, 0.4) is 0 Å². The van der Waals surface area contributed by atoms with E-state index in [0.29, 0.717) is 6.54 Å². The second kappa shape index (κ2) is 19.4. The molecule has 2 aromatic carbocycles. The third-order valence-corrected chi connectivity index (χ3v) is 8.22. The highest BCUT2D eigenvalue weighted by Gasteiger charge is 2.33. The number of aliphatic hydroxyl groups is 1. The van der Waals surface area contributed by atoms with Crippen LogP contribution in [-0.4, -0.2) is 35.7 Å². The molecule has 3 unspecified atom stereocenters. The minimum Gasteiger partial charge on any atom is -0.392 e. The van der Waals surface area contributed by atoms with E-state index in [9.17, 15) is 5.11 Å². The zero-order valence-corrected chi connectivity index (χ0v) is 25.4. The number of nitrogens with two attached hydrogens (primary N) is 1. The Labute approximate surface area is 244 Å². The van der Waals surface area contributed by atoms with Gasteiger partial charge in [0.2, 0.25) is 0 Å². The van der Waals surface area contributed by atoms with Gasteiger partial charge in [0.15, 0.2) is 6.29 Å². The summed E-state index contributed by atoms with van der Waals surface area (Å²) < 4.78 is 13.2. The molecule has 1 aliphatic rings. The van der Waals surface area contributed by atoms with Crippen molar-refractivity contribution in [3.8, 4) is 0 Å². The molecule has 0 radical (unpaired) electrons. The maximum absolute atomic E-state index is 9.51. The fourth-order valence-corrected chi connectivity index (χ4v) is 5.66. The zero-order chi connectivity index (χ0) is 28.4. The molecule has 0 amide bonds. The fourth-order valence-electron chi connectivity index (χ4n) is 5.66. The summed E-state index contributed by atoms with van der Waals surface area (Å²) in [5, 5.41) is 9.51. The predicted molar refractivity (Wildman–Crippen MR) is 166 cm³/mol. The topological polar surface area (TPSA) is 68.0 Å². The molecule has 224 valence electrons. The molecule has 0 spiro atoms. The second-order valence-electron chi connectivity index (χ2n) is 11.6. The van der Waals surface area contributed by atoms with E-state index in [2.05, 4.69) is 55.1 Å². The minimum atomic E-state index is -0.405. The van der Waals surface area contributed by atoms with Gasteiger partial charge in [-0.1, -0.05) is 127 Å². The lowest BCUT2D eigenvalue weighted by molar-refractivity contribution is -0.253. The molecule has 1 saturated heterocycles. The fraction of sp³-hybridized carbons (Fsp3) is 0.657. The number of unbranched alkanes of at least 4 members (excludes halogenated alkanes) is 10. The molecular formula is C35H56N2O3. The SMILES string of the molecule is CCCCCCCCN(CCCCCCCC)CC1CC(c2ccc(CO)cc2)OC(c2ccc(CN)cc2)O1. The predicted octanol–water partition coefficient (Wildman–Crippen LogP) is 8.21. The van der Waals surface area contributed by atoms with Crippen LogP contribution in [0.5, 0.6) is 0 Å². The van der Waals surface area contributed by atoms with Gasteiger partial charge in [0.1, 0.15) is 0 Å². The van der Waals surface area contributed by atoms with E-state index >= 15 is 0 Å². The first kappa shape index (κ1) is 32.8. The van der Waals surface area contributed by atoms with Crippen LogP contribution in [0, 0.1) is 0 Å². The van der Waals surface area contributed by atoms with Gasteiger partial charge in [-0.15, -0.1) is 0 Å². The average molecular weight is 553 g/mol. The molecule has 3 N–H and O–H groups in total. The summed E-state index contributed by atoms with van der Waals surface area (Å²) in [6, 6.07) is 16.5. The Balaban J connectivity index is 1.68. The Hall–Kier alpha value is -1.76. The lowest BCUT2D eigenvalue weighted by atomic mass is 9.99. The van der Waals surface area contributed by atoms with Crippen molar-refractivity contribution >= 4 is 0 Å². The average Bonchev–Trinajstić information content (AvgIpc) is 3.00. The summed E-state index contributed by atoms with van der Waals surface area (Å²) in [5.74, 6) is 0. The van der Waals surface area contributed by atoms with Gasteiger partial charge in [0.25, 0.3) is 0 Å². The normalized spacial score (nSPS) is 19.4. The molecule has 3 atom stereocenters. The van der Waals surface area contributed by atoms with Crippen molar-refractivity contribution in [3.05, 3.63) is 70.8 Å². The highest BCUT2D eigenvalue weighted by Crippen LogP contribution is 2.38. The molecule has 0 aliphatic carbocycles. The molecule has 2 aromatic rings. The maximum Gasteiger partial charge on any atom is 0.184 e. The van der Waals surface area contributed by atoms with E-state index in [-0.39, 0.29) is 18.8 Å². The minimum absolute atomic E-state index is 0.0457. The Morgan fingerprint density at radius 3 is 1.77 bits per heavy atom. The first-order chi connectivity index (χ1) is 19.7. The number of hydrogen-bond donors (Lipinski definition) is 2. The van der Waals surface area contributed by atoms with Crippen LogP contribution in [0.15, 0.2) is 48.5 Å².